The van der Waals surface area contributed by atoms with Crippen LogP contribution in [0.5, 0.6) is 0 Å². The largest absolute Gasteiger partial charge is 0.314 e. The highest BCUT2D eigenvalue weighted by Crippen LogP contribution is 2.12. The molecule has 0 saturated heterocycles. The number of nitrogens with one attached hydrogen (secondary N) is 1. The second-order valence-corrected chi connectivity index (χ2v) is 4.28. The monoisotopic (exact) mass is 219 g/mol. The van der Waals surface area contributed by atoms with Gasteiger partial charge in [-0.1, -0.05) is 6.07 Å². The summed E-state index contributed by atoms with van der Waals surface area (Å²) >= 11 is 1.74. The molecule has 2 rings (SSSR count). The first-order chi connectivity index (χ1) is 7.38. The Bertz CT molecular complexity index is 412. The Morgan fingerprint density at radius 2 is 2.33 bits per heavy atom. The van der Waals surface area contributed by atoms with E-state index in [0.717, 1.165) is 24.5 Å². The summed E-state index contributed by atoms with van der Waals surface area (Å²) in [5, 5.41) is 5.16. The topological polar surface area (TPSA) is 37.8 Å². The van der Waals surface area contributed by atoms with E-state index in [1.807, 2.05) is 19.3 Å². The van der Waals surface area contributed by atoms with Gasteiger partial charge in [-0.25, -0.2) is 9.97 Å². The minimum absolute atomic E-state index is 0.792. The molecule has 0 saturated carbocycles. The van der Waals surface area contributed by atoms with E-state index in [-0.39, 0.29) is 0 Å². The predicted octanol–water partition coefficient (Wildman–Crippen LogP) is 1.85. The smallest absolute Gasteiger partial charge is 0.133 e. The SMILES string of the molecule is CNCc1ccnc(Cc2cccs2)n1. The van der Waals surface area contributed by atoms with E-state index < -0.39 is 0 Å². The van der Waals surface area contributed by atoms with Gasteiger partial charge < -0.3 is 5.32 Å². The molecule has 4 heteroatoms. The van der Waals surface area contributed by atoms with Crippen molar-refractivity contribution in [1.29, 1.82) is 0 Å². The average molecular weight is 219 g/mol. The maximum Gasteiger partial charge on any atom is 0.133 e. The summed E-state index contributed by atoms with van der Waals surface area (Å²) in [6.45, 7) is 0.792. The zero-order valence-corrected chi connectivity index (χ0v) is 9.42. The van der Waals surface area contributed by atoms with Crippen molar-refractivity contribution in [2.75, 3.05) is 7.05 Å². The summed E-state index contributed by atoms with van der Waals surface area (Å²) in [6, 6.07) is 6.10. The van der Waals surface area contributed by atoms with E-state index in [9.17, 15) is 0 Å². The Morgan fingerprint density at radius 3 is 3.07 bits per heavy atom. The van der Waals surface area contributed by atoms with Gasteiger partial charge in [0, 0.05) is 24.0 Å². The minimum atomic E-state index is 0.792. The van der Waals surface area contributed by atoms with Crippen LogP contribution in [0.1, 0.15) is 16.4 Å². The van der Waals surface area contributed by atoms with Gasteiger partial charge in [0.25, 0.3) is 0 Å². The van der Waals surface area contributed by atoms with Crippen LogP contribution >= 0.6 is 11.3 Å². The molecule has 0 unspecified atom stereocenters. The molecule has 2 aromatic heterocycles. The van der Waals surface area contributed by atoms with Crippen molar-refractivity contribution in [3.63, 3.8) is 0 Å². The third-order valence-corrected chi connectivity index (χ3v) is 2.91. The van der Waals surface area contributed by atoms with Gasteiger partial charge in [0.2, 0.25) is 0 Å². The number of hydrogen-bond acceptors (Lipinski definition) is 4. The van der Waals surface area contributed by atoms with Gasteiger partial charge in [0.1, 0.15) is 5.82 Å². The fourth-order valence-electron chi connectivity index (χ4n) is 1.37. The lowest BCUT2D eigenvalue weighted by Gasteiger charge is -2.01. The third-order valence-electron chi connectivity index (χ3n) is 2.03. The van der Waals surface area contributed by atoms with Crippen LogP contribution < -0.4 is 5.32 Å². The molecule has 0 radical (unpaired) electrons. The molecule has 15 heavy (non-hydrogen) atoms. The van der Waals surface area contributed by atoms with Crippen molar-refractivity contribution in [3.05, 3.63) is 46.2 Å². The molecule has 2 heterocycles. The second-order valence-electron chi connectivity index (χ2n) is 3.25. The highest BCUT2D eigenvalue weighted by Gasteiger charge is 2.01. The maximum atomic E-state index is 4.47. The lowest BCUT2D eigenvalue weighted by Crippen LogP contribution is -2.08. The van der Waals surface area contributed by atoms with E-state index in [0.29, 0.717) is 0 Å². The summed E-state index contributed by atoms with van der Waals surface area (Å²) in [7, 11) is 1.92. The molecule has 0 bridgehead atoms. The van der Waals surface area contributed by atoms with Crippen molar-refractivity contribution in [2.24, 2.45) is 0 Å². The molecule has 0 aromatic carbocycles. The summed E-state index contributed by atoms with van der Waals surface area (Å²) in [6.07, 6.45) is 2.65. The van der Waals surface area contributed by atoms with Gasteiger partial charge >= 0.3 is 0 Å². The highest BCUT2D eigenvalue weighted by molar-refractivity contribution is 7.09. The van der Waals surface area contributed by atoms with E-state index >= 15 is 0 Å². The Hall–Kier alpha value is -1.26. The molecule has 0 atom stereocenters. The van der Waals surface area contributed by atoms with Crippen LogP contribution in [0.2, 0.25) is 0 Å². The van der Waals surface area contributed by atoms with E-state index in [2.05, 4.69) is 32.8 Å². The van der Waals surface area contributed by atoms with Crippen LogP contribution in [0, 0.1) is 0 Å². The van der Waals surface area contributed by atoms with Gasteiger partial charge in [-0.3, -0.25) is 0 Å². The van der Waals surface area contributed by atoms with Crippen molar-refractivity contribution >= 4 is 11.3 Å². The van der Waals surface area contributed by atoms with Gasteiger partial charge in [0.05, 0.1) is 5.69 Å². The number of nitrogens with zero attached hydrogens (tertiary/aromatic N) is 2. The van der Waals surface area contributed by atoms with Gasteiger partial charge in [-0.15, -0.1) is 11.3 Å². The Kier molecular flexibility index (Phi) is 3.42. The fraction of sp³-hybridized carbons (Fsp3) is 0.273. The molecule has 78 valence electrons. The molecule has 0 aliphatic rings. The lowest BCUT2D eigenvalue weighted by molar-refractivity contribution is 0.773. The van der Waals surface area contributed by atoms with Gasteiger partial charge in [-0.05, 0) is 24.6 Å². The van der Waals surface area contributed by atoms with Crippen LogP contribution in [-0.4, -0.2) is 17.0 Å². The zero-order chi connectivity index (χ0) is 10.5. The van der Waals surface area contributed by atoms with Gasteiger partial charge in [0.15, 0.2) is 0 Å². The van der Waals surface area contributed by atoms with Crippen molar-refractivity contribution in [3.8, 4) is 0 Å². The Balaban J connectivity index is 2.11. The lowest BCUT2D eigenvalue weighted by atomic mass is 10.3. The highest BCUT2D eigenvalue weighted by atomic mass is 32.1. The van der Waals surface area contributed by atoms with Crippen molar-refractivity contribution in [1.82, 2.24) is 15.3 Å². The van der Waals surface area contributed by atoms with Crippen molar-refractivity contribution in [2.45, 2.75) is 13.0 Å². The quantitative estimate of drug-likeness (QED) is 0.852. The third kappa shape index (κ3) is 2.84. The van der Waals surface area contributed by atoms with E-state index in [1.54, 1.807) is 11.3 Å². The average Bonchev–Trinajstić information content (AvgIpc) is 2.71. The van der Waals surface area contributed by atoms with Crippen LogP contribution in [0.15, 0.2) is 29.8 Å². The van der Waals surface area contributed by atoms with E-state index in [4.69, 9.17) is 0 Å². The zero-order valence-electron chi connectivity index (χ0n) is 8.60. The summed E-state index contributed by atoms with van der Waals surface area (Å²) in [4.78, 5) is 10.0. The Morgan fingerprint density at radius 1 is 1.40 bits per heavy atom. The molecule has 0 aliphatic carbocycles. The molecular formula is C11H13N3S. The molecule has 0 amide bonds. The molecule has 0 spiro atoms. The van der Waals surface area contributed by atoms with Crippen LogP contribution in [0.3, 0.4) is 0 Å². The van der Waals surface area contributed by atoms with Crippen LogP contribution in [0.4, 0.5) is 0 Å². The van der Waals surface area contributed by atoms with E-state index in [1.165, 1.54) is 4.88 Å². The van der Waals surface area contributed by atoms with Crippen molar-refractivity contribution < 1.29 is 0 Å². The maximum absolute atomic E-state index is 4.47. The number of aromatic nitrogens is 2. The number of thiophene rings is 1. The van der Waals surface area contributed by atoms with Crippen LogP contribution in [-0.2, 0) is 13.0 Å². The molecule has 1 N–H and O–H groups in total. The first kappa shape index (κ1) is 10.3. The normalized spacial score (nSPS) is 10.5. The van der Waals surface area contributed by atoms with Crippen LogP contribution in [0.25, 0.3) is 0 Å². The van der Waals surface area contributed by atoms with Gasteiger partial charge in [-0.2, -0.15) is 0 Å². The summed E-state index contributed by atoms with van der Waals surface area (Å²) in [5.41, 5.74) is 1.04. The molecule has 2 aromatic rings. The molecule has 0 aliphatic heterocycles. The minimum Gasteiger partial charge on any atom is -0.314 e. The molecule has 3 nitrogen and oxygen atoms in total. The second kappa shape index (κ2) is 5.00. The summed E-state index contributed by atoms with van der Waals surface area (Å²) in [5.74, 6) is 0.894. The first-order valence-corrected chi connectivity index (χ1v) is 5.74. The first-order valence-electron chi connectivity index (χ1n) is 4.86. The number of hydrogen-bond donors (Lipinski definition) is 1. The molecule has 0 fully saturated rings. The standard InChI is InChI=1S/C11H13N3S/c1-12-8-9-4-5-13-11(14-9)7-10-3-2-6-15-10/h2-6,12H,7-8H2,1H3. The Labute approximate surface area is 93.2 Å². The molecular weight excluding hydrogens is 206 g/mol. The number of rotatable bonds is 4. The summed E-state index contributed by atoms with van der Waals surface area (Å²) < 4.78 is 0. The predicted molar refractivity (Wildman–Crippen MR) is 61.9 cm³/mol. The fourth-order valence-corrected chi connectivity index (χ4v) is 2.08.